The van der Waals surface area contributed by atoms with Gasteiger partial charge in [0, 0.05) is 18.2 Å². The van der Waals surface area contributed by atoms with Gasteiger partial charge in [-0.1, -0.05) is 25.5 Å². The van der Waals surface area contributed by atoms with Gasteiger partial charge in [0.15, 0.2) is 0 Å². The molecule has 1 rings (SSSR count). The zero-order chi connectivity index (χ0) is 14.4. The molecule has 104 valence electrons. The Hall–Kier alpha value is -2.02. The number of nitrogens with zero attached hydrogens (tertiary/aromatic N) is 1. The van der Waals surface area contributed by atoms with Crippen molar-refractivity contribution in [3.63, 3.8) is 0 Å². The van der Waals surface area contributed by atoms with Gasteiger partial charge in [-0.3, -0.25) is 14.9 Å². The largest absolute Gasteiger partial charge is 0.480 e. The van der Waals surface area contributed by atoms with Crippen molar-refractivity contribution in [2.24, 2.45) is 0 Å². The van der Waals surface area contributed by atoms with Crippen molar-refractivity contribution >= 4 is 11.7 Å². The van der Waals surface area contributed by atoms with Crippen LogP contribution in [0, 0.1) is 15.9 Å². The van der Waals surface area contributed by atoms with Crippen LogP contribution in [0.2, 0.25) is 0 Å². The maximum Gasteiger partial charge on any atom is 0.320 e. The van der Waals surface area contributed by atoms with E-state index in [0.29, 0.717) is 12.8 Å². The molecule has 2 N–H and O–H groups in total. The molecule has 0 aliphatic rings. The van der Waals surface area contributed by atoms with Crippen LogP contribution >= 0.6 is 0 Å². The predicted octanol–water partition coefficient (Wildman–Crippen LogP) is 2.08. The summed E-state index contributed by atoms with van der Waals surface area (Å²) >= 11 is 0. The third-order valence-corrected chi connectivity index (χ3v) is 2.67. The minimum absolute atomic E-state index is 0.0650. The number of benzene rings is 1. The van der Waals surface area contributed by atoms with Crippen LogP contribution in [0.4, 0.5) is 10.1 Å². The van der Waals surface area contributed by atoms with Crippen LogP contribution in [-0.2, 0) is 11.3 Å². The van der Waals surface area contributed by atoms with E-state index in [1.165, 1.54) is 12.1 Å². The van der Waals surface area contributed by atoms with Crippen molar-refractivity contribution in [3.05, 3.63) is 39.7 Å². The van der Waals surface area contributed by atoms with Gasteiger partial charge in [-0.25, -0.2) is 0 Å². The highest BCUT2D eigenvalue weighted by Gasteiger charge is 2.20. The molecule has 0 heterocycles. The molecule has 1 aromatic carbocycles. The first-order chi connectivity index (χ1) is 8.97. The Morgan fingerprint density at radius 1 is 1.58 bits per heavy atom. The molecule has 0 aliphatic carbocycles. The summed E-state index contributed by atoms with van der Waals surface area (Å²) in [7, 11) is 0. The van der Waals surface area contributed by atoms with E-state index in [1.807, 2.05) is 6.92 Å². The quantitative estimate of drug-likeness (QED) is 0.584. The number of nitrogens with one attached hydrogen (secondary N) is 1. The Labute approximate surface area is 109 Å². The molecule has 1 aromatic rings. The van der Waals surface area contributed by atoms with Crippen molar-refractivity contribution < 1.29 is 19.2 Å². The summed E-state index contributed by atoms with van der Waals surface area (Å²) in [6.07, 6.45) is 1.08. The molecule has 0 saturated heterocycles. The fourth-order valence-electron chi connectivity index (χ4n) is 1.68. The van der Waals surface area contributed by atoms with E-state index in [9.17, 15) is 19.3 Å². The Bertz CT molecular complexity index is 479. The fourth-order valence-corrected chi connectivity index (χ4v) is 1.68. The van der Waals surface area contributed by atoms with E-state index in [-0.39, 0.29) is 12.1 Å². The molecule has 0 saturated carbocycles. The second kappa shape index (κ2) is 6.79. The third kappa shape index (κ3) is 3.99. The van der Waals surface area contributed by atoms with Gasteiger partial charge >= 0.3 is 11.7 Å². The maximum atomic E-state index is 13.7. The summed E-state index contributed by atoms with van der Waals surface area (Å²) in [6, 6.07) is 3.04. The second-order valence-corrected chi connectivity index (χ2v) is 4.07. The van der Waals surface area contributed by atoms with Crippen molar-refractivity contribution in [1.82, 2.24) is 5.32 Å². The lowest BCUT2D eigenvalue weighted by Gasteiger charge is -2.13. The van der Waals surface area contributed by atoms with Gasteiger partial charge in [-0.15, -0.1) is 0 Å². The summed E-state index contributed by atoms with van der Waals surface area (Å²) < 4.78 is 13.7. The van der Waals surface area contributed by atoms with Crippen LogP contribution in [0.5, 0.6) is 0 Å². The third-order valence-electron chi connectivity index (χ3n) is 2.67. The Morgan fingerprint density at radius 3 is 2.79 bits per heavy atom. The van der Waals surface area contributed by atoms with Gasteiger partial charge in [0.1, 0.15) is 6.04 Å². The van der Waals surface area contributed by atoms with Gasteiger partial charge in [-0.2, -0.15) is 4.39 Å². The summed E-state index contributed by atoms with van der Waals surface area (Å²) in [5, 5.41) is 22.2. The average Bonchev–Trinajstić information content (AvgIpc) is 2.35. The molecule has 0 bridgehead atoms. The smallest absolute Gasteiger partial charge is 0.320 e. The Kier molecular flexibility index (Phi) is 5.37. The number of carboxylic acid groups (broad SMARTS) is 1. The maximum absolute atomic E-state index is 13.7. The molecule has 0 spiro atoms. The van der Waals surface area contributed by atoms with E-state index >= 15 is 0 Å². The number of halogens is 1. The summed E-state index contributed by atoms with van der Waals surface area (Å²) in [5.74, 6) is -1.95. The van der Waals surface area contributed by atoms with E-state index < -0.39 is 28.4 Å². The molecule has 0 amide bonds. The van der Waals surface area contributed by atoms with Crippen LogP contribution in [-0.4, -0.2) is 22.0 Å². The van der Waals surface area contributed by atoms with Crippen molar-refractivity contribution in [2.45, 2.75) is 32.4 Å². The zero-order valence-electron chi connectivity index (χ0n) is 10.4. The molecule has 0 fully saturated rings. The first-order valence-corrected chi connectivity index (χ1v) is 5.85. The molecule has 0 aromatic heterocycles. The topological polar surface area (TPSA) is 92.5 Å². The molecule has 7 heteroatoms. The fraction of sp³-hybridized carbons (Fsp3) is 0.417. The molecule has 1 atom stereocenters. The van der Waals surface area contributed by atoms with Crippen molar-refractivity contribution in [1.29, 1.82) is 0 Å². The molecular weight excluding hydrogens is 255 g/mol. The molecule has 0 radical (unpaired) electrons. The lowest BCUT2D eigenvalue weighted by Crippen LogP contribution is -2.36. The number of hydrogen-bond donors (Lipinski definition) is 2. The standard InChI is InChI=1S/C12H15FN2O4/c1-2-4-9(12(16)17)14-7-8-5-3-6-10(11(8)13)15(18)19/h3,5-6,9,14H,2,4,7H2,1H3,(H,16,17). The van der Waals surface area contributed by atoms with Crippen molar-refractivity contribution in [3.8, 4) is 0 Å². The summed E-state index contributed by atoms with van der Waals surface area (Å²) in [6.45, 7) is 1.77. The first kappa shape index (κ1) is 15.0. The lowest BCUT2D eigenvalue weighted by molar-refractivity contribution is -0.387. The second-order valence-electron chi connectivity index (χ2n) is 4.07. The van der Waals surface area contributed by atoms with E-state index in [4.69, 9.17) is 5.11 Å². The highest BCUT2D eigenvalue weighted by Crippen LogP contribution is 2.20. The van der Waals surface area contributed by atoms with Gasteiger partial charge in [-0.05, 0) is 6.42 Å². The number of aliphatic carboxylic acids is 1. The van der Waals surface area contributed by atoms with Crippen molar-refractivity contribution in [2.75, 3.05) is 0 Å². The molecule has 0 aliphatic heterocycles. The number of nitro groups is 1. The van der Waals surface area contributed by atoms with Gasteiger partial charge in [0.25, 0.3) is 0 Å². The van der Waals surface area contributed by atoms with Crippen LogP contribution in [0.3, 0.4) is 0 Å². The summed E-state index contributed by atoms with van der Waals surface area (Å²) in [5.41, 5.74) is -0.529. The highest BCUT2D eigenvalue weighted by atomic mass is 19.1. The minimum atomic E-state index is -1.02. The van der Waals surface area contributed by atoms with Gasteiger partial charge < -0.3 is 10.4 Å². The monoisotopic (exact) mass is 270 g/mol. The number of rotatable bonds is 7. The van der Waals surface area contributed by atoms with Crippen LogP contribution in [0.15, 0.2) is 18.2 Å². The highest BCUT2D eigenvalue weighted by molar-refractivity contribution is 5.73. The Morgan fingerprint density at radius 2 is 2.26 bits per heavy atom. The molecular formula is C12H15FN2O4. The number of carbonyl (C=O) groups is 1. The zero-order valence-corrected chi connectivity index (χ0v) is 10.4. The first-order valence-electron chi connectivity index (χ1n) is 5.85. The number of hydrogen-bond acceptors (Lipinski definition) is 4. The molecule has 6 nitrogen and oxygen atoms in total. The minimum Gasteiger partial charge on any atom is -0.480 e. The van der Waals surface area contributed by atoms with Crippen LogP contribution in [0.1, 0.15) is 25.3 Å². The number of nitro benzene ring substituents is 1. The van der Waals surface area contributed by atoms with Gasteiger partial charge in [0.2, 0.25) is 5.82 Å². The van der Waals surface area contributed by atoms with Crippen LogP contribution in [0.25, 0.3) is 0 Å². The molecule has 1 unspecified atom stereocenters. The molecule has 19 heavy (non-hydrogen) atoms. The van der Waals surface area contributed by atoms with E-state index in [2.05, 4.69) is 5.32 Å². The Balaban J connectivity index is 2.80. The van der Waals surface area contributed by atoms with E-state index in [1.54, 1.807) is 0 Å². The summed E-state index contributed by atoms with van der Waals surface area (Å²) in [4.78, 5) is 20.7. The van der Waals surface area contributed by atoms with Crippen LogP contribution < -0.4 is 5.32 Å². The lowest BCUT2D eigenvalue weighted by atomic mass is 10.1. The van der Waals surface area contributed by atoms with E-state index in [0.717, 1.165) is 6.07 Å². The SMILES string of the molecule is CCCC(NCc1cccc([N+](=O)[O-])c1F)C(=O)O. The van der Waals surface area contributed by atoms with Gasteiger partial charge in [0.05, 0.1) is 4.92 Å². The number of carboxylic acids is 1. The average molecular weight is 270 g/mol. The normalized spacial score (nSPS) is 12.1. The predicted molar refractivity (Wildman–Crippen MR) is 66.2 cm³/mol.